The van der Waals surface area contributed by atoms with Gasteiger partial charge in [0.25, 0.3) is 5.91 Å². The second-order valence-corrected chi connectivity index (χ2v) is 14.4. The largest absolute Gasteiger partial charge is 0.506 e. The molecular formula is C42H60N4O6. The third kappa shape index (κ3) is 11.0. The highest BCUT2D eigenvalue weighted by molar-refractivity contribution is 5.97. The number of piperidine rings is 1. The molecule has 1 amide bonds. The van der Waals surface area contributed by atoms with Crippen LogP contribution in [0, 0.1) is 5.92 Å². The number of hydrogen-bond donors (Lipinski definition) is 3. The Hall–Kier alpha value is -3.96. The number of aromatic hydroxyl groups is 1. The molecule has 1 atom stereocenters. The minimum atomic E-state index is -0.240. The number of rotatable bonds is 17. The summed E-state index contributed by atoms with van der Waals surface area (Å²) in [5, 5.41) is 16.0. The third-order valence-electron chi connectivity index (χ3n) is 10.6. The molecule has 2 heterocycles. The molecule has 0 spiro atoms. The van der Waals surface area contributed by atoms with Gasteiger partial charge in [0.05, 0.1) is 20.3 Å². The van der Waals surface area contributed by atoms with Gasteiger partial charge in [-0.1, -0.05) is 62.4 Å². The normalized spacial score (nSPS) is 16.0. The maximum atomic E-state index is 11.4. The molecular weight excluding hydrogens is 656 g/mol. The zero-order valence-corrected chi connectivity index (χ0v) is 32.1. The van der Waals surface area contributed by atoms with E-state index in [2.05, 4.69) is 104 Å². The smallest absolute Gasteiger partial charge is 0.262 e. The summed E-state index contributed by atoms with van der Waals surface area (Å²) >= 11 is 0. The minimum absolute atomic E-state index is 0.00519. The molecule has 1 saturated heterocycles. The van der Waals surface area contributed by atoms with Gasteiger partial charge in [-0.05, 0) is 101 Å². The van der Waals surface area contributed by atoms with Gasteiger partial charge in [0, 0.05) is 36.5 Å². The van der Waals surface area contributed by atoms with E-state index in [1.165, 1.54) is 16.7 Å². The molecule has 3 aromatic rings. The van der Waals surface area contributed by atoms with Crippen LogP contribution in [0.3, 0.4) is 0 Å². The van der Waals surface area contributed by atoms with Gasteiger partial charge in [0.2, 0.25) is 0 Å². The first-order valence-electron chi connectivity index (χ1n) is 18.7. The van der Waals surface area contributed by atoms with Crippen LogP contribution in [0.4, 0.5) is 5.69 Å². The van der Waals surface area contributed by atoms with E-state index in [9.17, 15) is 14.7 Å². The average Bonchev–Trinajstić information content (AvgIpc) is 3.16. The van der Waals surface area contributed by atoms with Gasteiger partial charge < -0.3 is 44.5 Å². The molecule has 10 heteroatoms. The van der Waals surface area contributed by atoms with Crippen LogP contribution in [0.25, 0.3) is 0 Å². The number of methoxy groups -OCH3 is 1. The lowest BCUT2D eigenvalue weighted by Gasteiger charge is -2.42. The van der Waals surface area contributed by atoms with Crippen LogP contribution in [-0.2, 0) is 32.6 Å². The number of likely N-dealkylation sites (tertiary alicyclic amines) is 1. The van der Waals surface area contributed by atoms with Crippen molar-refractivity contribution in [3.63, 3.8) is 0 Å². The predicted molar refractivity (Wildman–Crippen MR) is 208 cm³/mol. The predicted octanol–water partition coefficient (Wildman–Crippen LogP) is 5.69. The van der Waals surface area contributed by atoms with Gasteiger partial charge in [0.15, 0.2) is 12.4 Å². The number of hydrogen-bond acceptors (Lipinski definition) is 9. The Bertz CT molecular complexity index is 1560. The number of amides is 1. The second-order valence-electron chi connectivity index (χ2n) is 14.4. The Balaban J connectivity index is 0.000000236. The molecule has 0 bridgehead atoms. The van der Waals surface area contributed by atoms with Crippen molar-refractivity contribution in [1.82, 2.24) is 15.1 Å². The number of aldehydes is 1. The zero-order valence-electron chi connectivity index (χ0n) is 32.1. The molecule has 10 nitrogen and oxygen atoms in total. The lowest BCUT2D eigenvalue weighted by Crippen LogP contribution is -2.41. The summed E-state index contributed by atoms with van der Waals surface area (Å²) < 4.78 is 16.9. The fourth-order valence-electron chi connectivity index (χ4n) is 6.91. The van der Waals surface area contributed by atoms with E-state index in [1.54, 1.807) is 13.2 Å². The molecule has 2 aliphatic rings. The Labute approximate surface area is 310 Å². The highest BCUT2D eigenvalue weighted by Crippen LogP contribution is 2.45. The maximum absolute atomic E-state index is 11.4. The Morgan fingerprint density at radius 2 is 1.79 bits per heavy atom. The van der Waals surface area contributed by atoms with E-state index >= 15 is 0 Å². The monoisotopic (exact) mass is 716 g/mol. The number of fused-ring (bicyclic) bond motifs is 1. The van der Waals surface area contributed by atoms with Crippen molar-refractivity contribution in [1.29, 1.82) is 0 Å². The van der Waals surface area contributed by atoms with Crippen molar-refractivity contribution in [2.75, 3.05) is 79.1 Å². The summed E-state index contributed by atoms with van der Waals surface area (Å²) in [5.74, 6) is 1.99. The first-order chi connectivity index (χ1) is 25.1. The first kappa shape index (κ1) is 40.8. The van der Waals surface area contributed by atoms with Crippen LogP contribution in [0.2, 0.25) is 0 Å². The van der Waals surface area contributed by atoms with Gasteiger partial charge in [-0.15, -0.1) is 0 Å². The van der Waals surface area contributed by atoms with Crippen molar-refractivity contribution >= 4 is 17.9 Å². The van der Waals surface area contributed by atoms with Crippen LogP contribution in [0.15, 0.2) is 60.7 Å². The Morgan fingerprint density at radius 3 is 2.48 bits per heavy atom. The summed E-state index contributed by atoms with van der Waals surface area (Å²) in [6.07, 6.45) is 5.11. The van der Waals surface area contributed by atoms with Crippen LogP contribution in [0.1, 0.15) is 62.3 Å². The maximum Gasteiger partial charge on any atom is 0.262 e. The average molecular weight is 717 g/mol. The summed E-state index contributed by atoms with van der Waals surface area (Å²) in [6, 6.07) is 21.4. The van der Waals surface area contributed by atoms with Crippen LogP contribution < -0.4 is 20.1 Å². The molecule has 1 fully saturated rings. The number of nitrogens with one attached hydrogen (secondary N) is 2. The first-order valence-corrected chi connectivity index (χ1v) is 18.7. The van der Waals surface area contributed by atoms with Crippen LogP contribution in [-0.4, -0.2) is 107 Å². The van der Waals surface area contributed by atoms with Crippen molar-refractivity contribution in [3.8, 4) is 17.2 Å². The van der Waals surface area contributed by atoms with Gasteiger partial charge in [-0.25, -0.2) is 0 Å². The highest BCUT2D eigenvalue weighted by atomic mass is 16.5. The summed E-state index contributed by atoms with van der Waals surface area (Å²) in [7, 11) is 6.10. The van der Waals surface area contributed by atoms with Crippen LogP contribution >= 0.6 is 0 Å². The molecule has 0 saturated carbocycles. The van der Waals surface area contributed by atoms with Gasteiger partial charge in [-0.3, -0.25) is 4.79 Å². The number of carbonyl (C=O) groups is 2. The summed E-state index contributed by atoms with van der Waals surface area (Å²) in [5.41, 5.74) is 5.22. The summed E-state index contributed by atoms with van der Waals surface area (Å²) in [4.78, 5) is 26.6. The van der Waals surface area contributed by atoms with E-state index in [1.807, 2.05) is 6.07 Å². The summed E-state index contributed by atoms with van der Waals surface area (Å²) in [6.45, 7) is 12.7. The van der Waals surface area contributed by atoms with E-state index in [4.69, 9.17) is 14.2 Å². The fourth-order valence-corrected chi connectivity index (χ4v) is 6.91. The van der Waals surface area contributed by atoms with Gasteiger partial charge in [-0.2, -0.15) is 0 Å². The number of nitrogens with zero attached hydrogens (tertiary/aromatic N) is 2. The molecule has 52 heavy (non-hydrogen) atoms. The van der Waals surface area contributed by atoms with E-state index < -0.39 is 0 Å². The van der Waals surface area contributed by atoms with Crippen molar-refractivity contribution in [2.45, 2.75) is 64.3 Å². The zero-order chi connectivity index (χ0) is 37.5. The molecule has 284 valence electrons. The Morgan fingerprint density at radius 1 is 1.04 bits per heavy atom. The number of carbonyl (C=O) groups excluding carboxylic acids is 2. The van der Waals surface area contributed by atoms with Gasteiger partial charge in [0.1, 0.15) is 23.5 Å². The molecule has 0 aromatic heterocycles. The molecule has 0 radical (unpaired) electrons. The Kier molecular flexibility index (Phi) is 15.9. The molecule has 2 aliphatic heterocycles. The van der Waals surface area contributed by atoms with Crippen molar-refractivity contribution in [2.24, 2.45) is 5.92 Å². The topological polar surface area (TPSA) is 113 Å². The lowest BCUT2D eigenvalue weighted by atomic mass is 9.67. The molecule has 3 aromatic carbocycles. The lowest BCUT2D eigenvalue weighted by molar-refractivity contribution is -0.118. The highest BCUT2D eigenvalue weighted by Gasteiger charge is 2.39. The number of ether oxygens (including phenoxy) is 3. The molecule has 3 N–H and O–H groups in total. The van der Waals surface area contributed by atoms with Crippen LogP contribution in [0.5, 0.6) is 17.2 Å². The standard InChI is InChI=1S/C24H31NO3.C18H29N3O3/c1-25-14-12-24(13-15-25,21-7-4-3-5-8-21)22-19-20(9-10-23(22)27-2)11-18-28-17-6-16-26;1-12(2)13(3)21(4)10-9-19-8-7-14-5-6-15(22)17-18(14)24-11-16(23)20-17/h3-5,7-10,16,19H,6,11-15,17-18H2,1-2H3;5-6,12-13,19,22H,7-11H2,1-4H3,(H,20,23). The number of likely N-dealkylation sites (N-methyl/N-ethyl adjacent to an activating group) is 1. The molecule has 1 unspecified atom stereocenters. The fraction of sp³-hybridized carbons (Fsp3) is 0.524. The quantitative estimate of drug-likeness (QED) is 0.0923. The van der Waals surface area contributed by atoms with Gasteiger partial charge >= 0.3 is 0 Å². The number of phenolic OH excluding ortho intramolecular Hbond substituents is 1. The van der Waals surface area contributed by atoms with E-state index in [-0.39, 0.29) is 23.7 Å². The number of anilines is 1. The SMILES string of the molecule is CC(C)C(C)N(C)CCNCCc1ccc(O)c2c1OCC(=O)N2.COc1ccc(CCOCCC=O)cc1C1(c2ccccc2)CCN(C)CC1. The molecule has 0 aliphatic carbocycles. The second kappa shape index (κ2) is 20.3. The third-order valence-corrected chi connectivity index (χ3v) is 10.6. The minimum Gasteiger partial charge on any atom is -0.506 e. The van der Waals surface area contributed by atoms with Crippen molar-refractivity contribution < 1.29 is 28.9 Å². The number of phenols is 1. The number of benzene rings is 3. The van der Waals surface area contributed by atoms with E-state index in [0.29, 0.717) is 43.0 Å². The van der Waals surface area contributed by atoms with Crippen molar-refractivity contribution in [3.05, 3.63) is 82.9 Å². The van der Waals surface area contributed by atoms with E-state index in [0.717, 1.165) is 76.0 Å². The molecule has 5 rings (SSSR count).